The molecule has 0 radical (unpaired) electrons. The summed E-state index contributed by atoms with van der Waals surface area (Å²) in [5.41, 5.74) is -0.642. The van der Waals surface area contributed by atoms with Crippen LogP contribution in [-0.4, -0.2) is 13.1 Å². The van der Waals surface area contributed by atoms with Gasteiger partial charge in [0.15, 0.2) is 0 Å². The fourth-order valence-electron chi connectivity index (χ4n) is 3.25. The predicted molar refractivity (Wildman–Crippen MR) is 125 cm³/mol. The van der Waals surface area contributed by atoms with Gasteiger partial charge < -0.3 is 4.74 Å². The number of esters is 1. The highest BCUT2D eigenvalue weighted by Gasteiger charge is 2.34. The molecule has 0 amide bonds. The minimum Gasteiger partial charge on any atom is -0.466 e. The lowest BCUT2D eigenvalue weighted by Gasteiger charge is -2.31. The second kappa shape index (κ2) is 9.82. The van der Waals surface area contributed by atoms with E-state index in [1.54, 1.807) is 0 Å². The maximum Gasteiger partial charge on any atom is 0.416 e. The van der Waals surface area contributed by atoms with E-state index in [1.807, 2.05) is 60.7 Å². The van der Waals surface area contributed by atoms with E-state index >= 15 is 0 Å². The first kappa shape index (κ1) is 23.9. The Labute approximate surface area is 190 Å². The van der Waals surface area contributed by atoms with Crippen molar-refractivity contribution in [2.45, 2.75) is 12.2 Å². The normalized spacial score (nSPS) is 12.8. The zero-order valence-electron chi connectivity index (χ0n) is 17.2. The average Bonchev–Trinajstić information content (AvgIpc) is 2.82. The van der Waals surface area contributed by atoms with Crippen molar-refractivity contribution in [1.29, 1.82) is 0 Å². The number of nitrogens with one attached hydrogen (secondary N) is 1. The molecule has 0 saturated heterocycles. The Balaban J connectivity index is 2.17. The van der Waals surface area contributed by atoms with Crippen molar-refractivity contribution in [1.82, 2.24) is 5.09 Å². The lowest BCUT2D eigenvalue weighted by molar-refractivity contribution is -0.137. The smallest absolute Gasteiger partial charge is 0.416 e. The molecule has 0 saturated carbocycles. The molecule has 0 aliphatic heterocycles. The molecule has 0 aromatic heterocycles. The summed E-state index contributed by atoms with van der Waals surface area (Å²) in [6.07, 6.45) is -7.31. The molecule has 3 aromatic rings. The van der Waals surface area contributed by atoms with Crippen LogP contribution in [0.5, 0.6) is 0 Å². The molecule has 166 valence electrons. The molecule has 3 nitrogen and oxygen atoms in total. The number of hydrogen-bond acceptors (Lipinski definition) is 3. The van der Waals surface area contributed by atoms with Crippen LogP contribution in [0.3, 0.4) is 0 Å². The van der Waals surface area contributed by atoms with Gasteiger partial charge in [0.2, 0.25) is 0 Å². The van der Waals surface area contributed by atoms with Crippen LogP contribution in [0.4, 0.5) is 13.2 Å². The van der Waals surface area contributed by atoms with Crippen LogP contribution < -0.4 is 15.7 Å². The topological polar surface area (TPSA) is 38.3 Å². The van der Waals surface area contributed by atoms with E-state index in [-0.39, 0.29) is 11.1 Å². The molecule has 32 heavy (non-hydrogen) atoms. The highest BCUT2D eigenvalue weighted by molar-refractivity contribution is 8.20. The Morgan fingerprint density at radius 2 is 1.50 bits per heavy atom. The SMILES string of the molecule is C=C(C(=O)OC)C(NP(=S)(c1ccccc1)c1ccccc1)c1cccc(C(F)(F)F)c1. The first-order chi connectivity index (χ1) is 15.2. The average molecular weight is 475 g/mol. The van der Waals surface area contributed by atoms with Gasteiger partial charge in [-0.05, 0) is 17.7 Å². The Morgan fingerprint density at radius 1 is 0.969 bits per heavy atom. The van der Waals surface area contributed by atoms with E-state index in [0.29, 0.717) is 0 Å². The first-order valence-corrected chi connectivity index (χ1v) is 12.4. The summed E-state index contributed by atoms with van der Waals surface area (Å²) in [5, 5.41) is 4.93. The molecule has 0 bridgehead atoms. The van der Waals surface area contributed by atoms with Gasteiger partial charge in [-0.1, -0.05) is 91.2 Å². The van der Waals surface area contributed by atoms with Gasteiger partial charge in [0.1, 0.15) is 0 Å². The minimum absolute atomic E-state index is 0.0343. The van der Waals surface area contributed by atoms with Gasteiger partial charge in [-0.3, -0.25) is 5.09 Å². The Hall–Kier alpha value is -2.73. The highest BCUT2D eigenvalue weighted by atomic mass is 32.4. The van der Waals surface area contributed by atoms with Gasteiger partial charge in [-0.15, -0.1) is 0 Å². The Kier molecular flexibility index (Phi) is 7.34. The van der Waals surface area contributed by atoms with Crippen LogP contribution in [0.15, 0.2) is 97.1 Å². The Bertz CT molecular complexity index is 1110. The molecule has 0 aliphatic carbocycles. The summed E-state index contributed by atoms with van der Waals surface area (Å²) in [5.74, 6) is -0.734. The van der Waals surface area contributed by atoms with Gasteiger partial charge >= 0.3 is 12.1 Å². The van der Waals surface area contributed by atoms with Crippen LogP contribution in [0.25, 0.3) is 0 Å². The van der Waals surface area contributed by atoms with Crippen LogP contribution >= 0.6 is 6.19 Å². The summed E-state index contributed by atoms with van der Waals surface area (Å²) in [6, 6.07) is 22.3. The second-order valence-electron chi connectivity index (χ2n) is 6.98. The quantitative estimate of drug-likeness (QED) is 0.293. The molecular formula is C24H21F3NO2PS. The molecule has 0 heterocycles. The number of ether oxygens (including phenoxy) is 1. The van der Waals surface area contributed by atoms with Crippen molar-refractivity contribution in [2.75, 3.05) is 7.11 Å². The molecule has 3 rings (SSSR count). The predicted octanol–water partition coefficient (Wildman–Crippen LogP) is 5.11. The van der Waals surface area contributed by atoms with Crippen molar-refractivity contribution in [2.24, 2.45) is 0 Å². The third-order valence-electron chi connectivity index (χ3n) is 4.89. The van der Waals surface area contributed by atoms with Gasteiger partial charge in [0.05, 0.1) is 30.5 Å². The maximum absolute atomic E-state index is 13.4. The van der Waals surface area contributed by atoms with Gasteiger partial charge in [-0.25, -0.2) is 4.79 Å². The van der Waals surface area contributed by atoms with Crippen molar-refractivity contribution in [3.63, 3.8) is 0 Å². The van der Waals surface area contributed by atoms with Crippen molar-refractivity contribution in [3.8, 4) is 0 Å². The number of carbonyl (C=O) groups is 1. The fourth-order valence-corrected chi connectivity index (χ4v) is 6.75. The molecular weight excluding hydrogens is 454 g/mol. The van der Waals surface area contributed by atoms with Gasteiger partial charge in [0.25, 0.3) is 0 Å². The standard InChI is InChI=1S/C24H21F3NO2PS/c1-17(23(29)30-2)22(18-10-9-11-19(16-18)24(25,26)27)28-31(32,20-12-5-3-6-13-20)21-14-7-4-8-15-21/h3-16,22H,1H2,2H3,(H,28,32). The molecule has 0 spiro atoms. The number of carbonyl (C=O) groups excluding carboxylic acids is 1. The summed E-state index contributed by atoms with van der Waals surface area (Å²) >= 11 is 6.14. The zero-order valence-corrected chi connectivity index (χ0v) is 18.9. The second-order valence-corrected chi connectivity index (χ2v) is 11.1. The van der Waals surface area contributed by atoms with Crippen LogP contribution in [-0.2, 0) is 27.5 Å². The highest BCUT2D eigenvalue weighted by Crippen LogP contribution is 2.44. The zero-order chi connectivity index (χ0) is 23.4. The number of hydrogen-bond donors (Lipinski definition) is 1. The third kappa shape index (κ3) is 5.18. The lowest BCUT2D eigenvalue weighted by atomic mass is 9.99. The number of halogens is 3. The van der Waals surface area contributed by atoms with Crippen LogP contribution in [0, 0.1) is 0 Å². The van der Waals surface area contributed by atoms with E-state index < -0.39 is 29.9 Å². The van der Waals surface area contributed by atoms with Crippen molar-refractivity contribution < 1.29 is 22.7 Å². The number of rotatable bonds is 7. The van der Waals surface area contributed by atoms with Gasteiger partial charge in [-0.2, -0.15) is 13.2 Å². The molecule has 1 atom stereocenters. The molecule has 3 aromatic carbocycles. The van der Waals surface area contributed by atoms with Crippen molar-refractivity contribution in [3.05, 3.63) is 108 Å². The third-order valence-corrected chi connectivity index (χ3v) is 9.15. The van der Waals surface area contributed by atoms with Crippen molar-refractivity contribution >= 4 is 34.6 Å². The number of benzene rings is 3. The summed E-state index contributed by atoms with van der Waals surface area (Å²) in [6.45, 7) is 3.82. The molecule has 1 N–H and O–H groups in total. The van der Waals surface area contributed by atoms with Gasteiger partial charge in [0, 0.05) is 10.6 Å². The first-order valence-electron chi connectivity index (χ1n) is 9.60. The number of alkyl halides is 3. The van der Waals surface area contributed by atoms with E-state index in [2.05, 4.69) is 11.7 Å². The van der Waals surface area contributed by atoms with Crippen LogP contribution in [0.1, 0.15) is 17.2 Å². The Morgan fingerprint density at radius 3 is 1.97 bits per heavy atom. The lowest BCUT2D eigenvalue weighted by Crippen LogP contribution is -2.33. The monoisotopic (exact) mass is 475 g/mol. The fraction of sp³-hybridized carbons (Fsp3) is 0.125. The minimum atomic E-state index is -4.54. The van der Waals surface area contributed by atoms with E-state index in [0.717, 1.165) is 22.7 Å². The van der Waals surface area contributed by atoms with Crippen LogP contribution in [0.2, 0.25) is 0 Å². The molecule has 0 fully saturated rings. The molecule has 8 heteroatoms. The molecule has 1 unspecified atom stereocenters. The largest absolute Gasteiger partial charge is 0.466 e. The maximum atomic E-state index is 13.4. The summed E-state index contributed by atoms with van der Waals surface area (Å²) in [7, 11) is 1.20. The van der Waals surface area contributed by atoms with E-state index in [4.69, 9.17) is 16.5 Å². The van der Waals surface area contributed by atoms with E-state index in [1.165, 1.54) is 19.2 Å². The van der Waals surface area contributed by atoms with E-state index in [9.17, 15) is 18.0 Å². The summed E-state index contributed by atoms with van der Waals surface area (Å²) in [4.78, 5) is 12.4. The molecule has 0 aliphatic rings. The number of methoxy groups -OCH3 is 1. The summed E-state index contributed by atoms with van der Waals surface area (Å²) < 4.78 is 44.9.